The normalized spacial score (nSPS) is 25.0. The molecule has 0 spiro atoms. The molecule has 3 N–H and O–H groups in total. The van der Waals surface area contributed by atoms with Gasteiger partial charge in [0.2, 0.25) is 11.8 Å². The van der Waals surface area contributed by atoms with Gasteiger partial charge in [0, 0.05) is 38.2 Å². The Balaban J connectivity index is 1.23. The van der Waals surface area contributed by atoms with Crippen LogP contribution in [0.1, 0.15) is 36.8 Å². The monoisotopic (exact) mass is 527 g/mol. The van der Waals surface area contributed by atoms with Crippen molar-refractivity contribution in [3.63, 3.8) is 0 Å². The van der Waals surface area contributed by atoms with Crippen molar-refractivity contribution in [2.75, 3.05) is 19.6 Å². The Morgan fingerprint density at radius 3 is 2.58 bits per heavy atom. The smallest absolute Gasteiger partial charge is 0.225 e. The molecule has 0 bridgehead atoms. The number of carbonyl (C=O) groups is 2. The van der Waals surface area contributed by atoms with Crippen molar-refractivity contribution in [3.8, 4) is 0 Å². The van der Waals surface area contributed by atoms with Crippen LogP contribution in [0.4, 0.5) is 8.78 Å². The van der Waals surface area contributed by atoms with E-state index in [0.717, 1.165) is 24.5 Å². The van der Waals surface area contributed by atoms with E-state index in [-0.39, 0.29) is 36.8 Å². The molecule has 5 atom stereocenters. The molecular formula is C29H35F2N3O4. The molecular weight excluding hydrogens is 492 g/mol. The maximum atomic E-state index is 13.9. The number of amides is 2. The number of aliphatic hydroxyl groups excluding tert-OH is 1. The fourth-order valence-electron chi connectivity index (χ4n) is 5.47. The van der Waals surface area contributed by atoms with E-state index in [0.29, 0.717) is 44.1 Å². The fraction of sp³-hybridized carbons (Fsp3) is 0.517. The van der Waals surface area contributed by atoms with Crippen LogP contribution in [-0.2, 0) is 27.4 Å². The van der Waals surface area contributed by atoms with E-state index in [9.17, 15) is 23.5 Å². The second-order valence-electron chi connectivity index (χ2n) is 10.9. The molecule has 7 nitrogen and oxygen atoms in total. The molecule has 38 heavy (non-hydrogen) atoms. The van der Waals surface area contributed by atoms with Crippen molar-refractivity contribution in [1.29, 1.82) is 0 Å². The van der Waals surface area contributed by atoms with Crippen molar-refractivity contribution in [2.24, 2.45) is 11.8 Å². The van der Waals surface area contributed by atoms with Crippen molar-refractivity contribution in [3.05, 3.63) is 71.3 Å². The zero-order valence-corrected chi connectivity index (χ0v) is 21.3. The lowest BCUT2D eigenvalue weighted by atomic mass is 9.94. The number of aliphatic hydroxyl groups is 1. The van der Waals surface area contributed by atoms with Crippen LogP contribution in [0.15, 0.2) is 48.5 Å². The molecule has 5 rings (SSSR count). The maximum absolute atomic E-state index is 13.9. The Hall–Kier alpha value is -2.88. The van der Waals surface area contributed by atoms with Crippen LogP contribution in [0.25, 0.3) is 0 Å². The van der Waals surface area contributed by atoms with E-state index in [1.165, 1.54) is 12.1 Å². The van der Waals surface area contributed by atoms with Gasteiger partial charge in [0.25, 0.3) is 0 Å². The fourth-order valence-corrected chi connectivity index (χ4v) is 5.47. The van der Waals surface area contributed by atoms with E-state index in [1.54, 1.807) is 4.90 Å². The number of likely N-dealkylation sites (tertiary alicyclic amines) is 1. The van der Waals surface area contributed by atoms with E-state index in [4.69, 9.17) is 4.74 Å². The third-order valence-electron chi connectivity index (χ3n) is 7.74. The molecule has 204 valence electrons. The molecule has 1 unspecified atom stereocenters. The summed E-state index contributed by atoms with van der Waals surface area (Å²) in [4.78, 5) is 27.4. The van der Waals surface area contributed by atoms with Gasteiger partial charge in [-0.1, -0.05) is 30.3 Å². The molecule has 3 fully saturated rings. The second kappa shape index (κ2) is 11.9. The lowest BCUT2D eigenvalue weighted by Crippen LogP contribution is -2.53. The van der Waals surface area contributed by atoms with Gasteiger partial charge in [-0.05, 0) is 54.9 Å². The quantitative estimate of drug-likeness (QED) is 0.418. The van der Waals surface area contributed by atoms with Crippen LogP contribution in [0.3, 0.4) is 0 Å². The highest BCUT2D eigenvalue weighted by Gasteiger charge is 2.40. The van der Waals surface area contributed by atoms with Gasteiger partial charge in [-0.2, -0.15) is 0 Å². The zero-order valence-electron chi connectivity index (χ0n) is 21.3. The Bertz CT molecular complexity index is 1110. The van der Waals surface area contributed by atoms with Gasteiger partial charge < -0.3 is 25.4 Å². The third kappa shape index (κ3) is 6.95. The topological polar surface area (TPSA) is 90.9 Å². The highest BCUT2D eigenvalue weighted by Crippen LogP contribution is 2.32. The molecule has 2 amide bonds. The molecule has 2 aromatic carbocycles. The highest BCUT2D eigenvalue weighted by molar-refractivity contribution is 5.89. The van der Waals surface area contributed by atoms with Crippen molar-refractivity contribution in [2.45, 2.75) is 63.0 Å². The lowest BCUT2D eigenvalue weighted by molar-refractivity contribution is -0.129. The van der Waals surface area contributed by atoms with Crippen molar-refractivity contribution >= 4 is 11.8 Å². The number of nitrogens with zero attached hydrogens (tertiary/aromatic N) is 1. The summed E-state index contributed by atoms with van der Waals surface area (Å²) in [5, 5.41) is 17.5. The molecule has 2 aromatic rings. The first-order valence-electron chi connectivity index (χ1n) is 13.4. The number of rotatable bonds is 11. The molecule has 1 saturated carbocycles. The van der Waals surface area contributed by atoms with Crippen molar-refractivity contribution in [1.82, 2.24) is 15.5 Å². The molecule has 2 heterocycles. The SMILES string of the molecule is O=C(N[C@@H](Cc1cc(F)cc(F)c1)[C@H](O)[C@H]1C[C@@H](OCc2ccccc2)CN1)C1CC(=O)N(CC2CC2)C1. The minimum Gasteiger partial charge on any atom is -0.389 e. The van der Waals surface area contributed by atoms with Crippen LogP contribution < -0.4 is 10.6 Å². The molecule has 0 radical (unpaired) electrons. The third-order valence-corrected chi connectivity index (χ3v) is 7.74. The number of hydrogen-bond acceptors (Lipinski definition) is 5. The van der Waals surface area contributed by atoms with Crippen LogP contribution in [0.5, 0.6) is 0 Å². The summed E-state index contributed by atoms with van der Waals surface area (Å²) in [5.74, 6) is -1.78. The van der Waals surface area contributed by atoms with Crippen LogP contribution in [0, 0.1) is 23.5 Å². The molecule has 2 aliphatic heterocycles. The molecule has 2 saturated heterocycles. The first kappa shape index (κ1) is 26.7. The minimum absolute atomic E-state index is 0.0304. The van der Waals surface area contributed by atoms with Gasteiger partial charge >= 0.3 is 0 Å². The zero-order chi connectivity index (χ0) is 26.6. The van der Waals surface area contributed by atoms with Crippen LogP contribution in [0.2, 0.25) is 0 Å². The molecule has 3 aliphatic rings. The number of nitrogens with one attached hydrogen (secondary N) is 2. The maximum Gasteiger partial charge on any atom is 0.225 e. The summed E-state index contributed by atoms with van der Waals surface area (Å²) in [6, 6.07) is 11.8. The van der Waals surface area contributed by atoms with Gasteiger partial charge in [0.05, 0.1) is 30.8 Å². The number of halogens is 2. The average Bonchev–Trinajstić information content (AvgIpc) is 3.45. The highest BCUT2D eigenvalue weighted by atomic mass is 19.1. The molecule has 1 aliphatic carbocycles. The summed E-state index contributed by atoms with van der Waals surface area (Å²) in [6.07, 6.45) is 1.77. The van der Waals surface area contributed by atoms with Gasteiger partial charge in [-0.25, -0.2) is 8.78 Å². The van der Waals surface area contributed by atoms with Gasteiger partial charge in [-0.3, -0.25) is 9.59 Å². The van der Waals surface area contributed by atoms with Gasteiger partial charge in [0.1, 0.15) is 11.6 Å². The largest absolute Gasteiger partial charge is 0.389 e. The molecule has 9 heteroatoms. The van der Waals surface area contributed by atoms with Gasteiger partial charge in [-0.15, -0.1) is 0 Å². The standard InChI is InChI=1S/C29H35F2N3O4/c30-22-8-20(9-23(31)12-22)10-26(33-29(37)21-11-27(35)34(16-21)15-18-6-7-18)28(36)25-13-24(14-32-25)38-17-19-4-2-1-3-5-19/h1-5,8-9,12,18,21,24-26,28,32,36H,6-7,10-11,13-17H2,(H,33,37)/t21?,24-,25-,26+,28-/m1/s1. The number of benzene rings is 2. The summed E-state index contributed by atoms with van der Waals surface area (Å²) >= 11 is 0. The summed E-state index contributed by atoms with van der Waals surface area (Å²) in [6.45, 7) is 2.03. The Labute approximate surface area is 221 Å². The van der Waals surface area contributed by atoms with E-state index in [2.05, 4.69) is 10.6 Å². The van der Waals surface area contributed by atoms with Crippen LogP contribution >= 0.6 is 0 Å². The Morgan fingerprint density at radius 1 is 1.13 bits per heavy atom. The minimum atomic E-state index is -1.03. The predicted molar refractivity (Wildman–Crippen MR) is 137 cm³/mol. The van der Waals surface area contributed by atoms with Crippen LogP contribution in [-0.4, -0.2) is 65.7 Å². The first-order chi connectivity index (χ1) is 18.3. The summed E-state index contributed by atoms with van der Waals surface area (Å²) < 4.78 is 33.8. The van der Waals surface area contributed by atoms with E-state index >= 15 is 0 Å². The first-order valence-corrected chi connectivity index (χ1v) is 13.4. The second-order valence-corrected chi connectivity index (χ2v) is 10.9. The number of ether oxygens (including phenoxy) is 1. The number of hydrogen-bond donors (Lipinski definition) is 3. The molecule has 0 aromatic heterocycles. The Kier molecular flexibility index (Phi) is 8.35. The van der Waals surface area contributed by atoms with E-state index < -0.39 is 29.7 Å². The average molecular weight is 528 g/mol. The summed E-state index contributed by atoms with van der Waals surface area (Å²) in [5.41, 5.74) is 1.39. The Morgan fingerprint density at radius 2 is 1.87 bits per heavy atom. The van der Waals surface area contributed by atoms with E-state index in [1.807, 2.05) is 30.3 Å². The summed E-state index contributed by atoms with van der Waals surface area (Å²) in [7, 11) is 0. The van der Waals surface area contributed by atoms with Crippen molar-refractivity contribution < 1.29 is 28.2 Å². The predicted octanol–water partition coefficient (Wildman–Crippen LogP) is 2.56. The number of carbonyl (C=O) groups excluding carboxylic acids is 2. The van der Waals surface area contributed by atoms with Gasteiger partial charge in [0.15, 0.2) is 0 Å². The lowest BCUT2D eigenvalue weighted by Gasteiger charge is -2.29.